The van der Waals surface area contributed by atoms with Crippen molar-refractivity contribution in [1.29, 1.82) is 0 Å². The smallest absolute Gasteiger partial charge is 0.0568 e. The zero-order valence-corrected chi connectivity index (χ0v) is 12.2. The summed E-state index contributed by atoms with van der Waals surface area (Å²) in [5.74, 6) is 0. The Morgan fingerprint density at radius 3 is 2.50 bits per heavy atom. The Balaban J connectivity index is 0.00000147. The normalized spacial score (nSPS) is 10.5. The van der Waals surface area contributed by atoms with Crippen LogP contribution in [0.2, 0.25) is 0 Å². The van der Waals surface area contributed by atoms with Crippen LogP contribution < -0.4 is 5.73 Å². The number of fused-ring (bicyclic) bond motifs is 1. The van der Waals surface area contributed by atoms with Gasteiger partial charge in [-0.25, -0.2) is 0 Å². The number of benzene rings is 2. The van der Waals surface area contributed by atoms with E-state index in [1.54, 1.807) is 0 Å². The third-order valence-electron chi connectivity index (χ3n) is 3.50. The third-order valence-corrected chi connectivity index (χ3v) is 3.50. The quantitative estimate of drug-likeness (QED) is 0.800. The molecule has 0 atom stereocenters. The fourth-order valence-corrected chi connectivity index (χ4v) is 2.47. The van der Waals surface area contributed by atoms with E-state index in [9.17, 15) is 0 Å². The van der Waals surface area contributed by atoms with E-state index in [2.05, 4.69) is 54.6 Å². The minimum absolute atomic E-state index is 0. The molecule has 0 saturated carbocycles. The van der Waals surface area contributed by atoms with E-state index in [0.717, 1.165) is 12.1 Å². The van der Waals surface area contributed by atoms with Gasteiger partial charge in [-0.1, -0.05) is 36.4 Å². The summed E-state index contributed by atoms with van der Waals surface area (Å²) in [6.45, 7) is 3.54. The lowest BCUT2D eigenvalue weighted by atomic mass is 9.97. The van der Waals surface area contributed by atoms with Crippen molar-refractivity contribution in [1.82, 2.24) is 9.78 Å². The molecule has 0 saturated heterocycles. The maximum absolute atomic E-state index is 5.81. The third kappa shape index (κ3) is 2.42. The minimum atomic E-state index is 0. The van der Waals surface area contributed by atoms with Crippen molar-refractivity contribution in [2.24, 2.45) is 5.73 Å². The molecule has 4 heteroatoms. The van der Waals surface area contributed by atoms with Crippen LogP contribution in [-0.4, -0.2) is 9.78 Å². The van der Waals surface area contributed by atoms with Gasteiger partial charge in [0.1, 0.15) is 0 Å². The topological polar surface area (TPSA) is 43.8 Å². The molecule has 0 fully saturated rings. The van der Waals surface area contributed by atoms with Gasteiger partial charge in [0, 0.05) is 24.8 Å². The maximum Gasteiger partial charge on any atom is 0.0568 e. The van der Waals surface area contributed by atoms with Gasteiger partial charge in [0.15, 0.2) is 0 Å². The standard InChI is InChI=1S/C16H17N3.ClH/c1-2-19-11-13(10-18-19)15-8-7-12(9-17)14-5-3-4-6-16(14)15;/h3-8,10-11H,2,9,17H2,1H3;1H. The van der Waals surface area contributed by atoms with E-state index >= 15 is 0 Å². The van der Waals surface area contributed by atoms with Crippen LogP contribution in [0.3, 0.4) is 0 Å². The van der Waals surface area contributed by atoms with Gasteiger partial charge >= 0.3 is 0 Å². The van der Waals surface area contributed by atoms with Crippen LogP contribution in [0.5, 0.6) is 0 Å². The average Bonchev–Trinajstić information content (AvgIpc) is 2.95. The first-order valence-electron chi connectivity index (χ1n) is 6.57. The molecular weight excluding hydrogens is 270 g/mol. The lowest BCUT2D eigenvalue weighted by Crippen LogP contribution is -1.97. The lowest BCUT2D eigenvalue weighted by Gasteiger charge is -2.08. The van der Waals surface area contributed by atoms with Crippen LogP contribution in [-0.2, 0) is 13.1 Å². The molecule has 3 rings (SSSR count). The van der Waals surface area contributed by atoms with E-state index in [4.69, 9.17) is 5.73 Å². The van der Waals surface area contributed by atoms with Crippen molar-refractivity contribution >= 4 is 23.2 Å². The van der Waals surface area contributed by atoms with Crippen molar-refractivity contribution in [2.45, 2.75) is 20.0 Å². The highest BCUT2D eigenvalue weighted by Crippen LogP contribution is 2.30. The molecule has 1 heterocycles. The van der Waals surface area contributed by atoms with Gasteiger partial charge in [-0.2, -0.15) is 5.10 Å². The SMILES string of the molecule is CCn1cc(-c2ccc(CN)c3ccccc23)cn1.Cl. The van der Waals surface area contributed by atoms with Gasteiger partial charge in [0.05, 0.1) is 6.20 Å². The summed E-state index contributed by atoms with van der Waals surface area (Å²) in [6, 6.07) is 12.7. The van der Waals surface area contributed by atoms with Crippen LogP contribution in [0, 0.1) is 0 Å². The van der Waals surface area contributed by atoms with Crippen LogP contribution in [0.1, 0.15) is 12.5 Å². The van der Waals surface area contributed by atoms with Gasteiger partial charge in [-0.3, -0.25) is 4.68 Å². The Morgan fingerprint density at radius 2 is 1.85 bits per heavy atom. The largest absolute Gasteiger partial charge is 0.326 e. The molecular formula is C16H18ClN3. The zero-order valence-electron chi connectivity index (χ0n) is 11.4. The lowest BCUT2D eigenvalue weighted by molar-refractivity contribution is 0.660. The number of hydrogen-bond donors (Lipinski definition) is 1. The number of aryl methyl sites for hydroxylation is 1. The molecule has 20 heavy (non-hydrogen) atoms. The zero-order chi connectivity index (χ0) is 13.2. The van der Waals surface area contributed by atoms with Crippen molar-refractivity contribution in [3.8, 4) is 11.1 Å². The average molecular weight is 288 g/mol. The number of rotatable bonds is 3. The fraction of sp³-hybridized carbons (Fsp3) is 0.188. The number of aromatic nitrogens is 2. The molecule has 1 aromatic heterocycles. The van der Waals surface area contributed by atoms with Gasteiger partial charge in [-0.15, -0.1) is 12.4 Å². The minimum Gasteiger partial charge on any atom is -0.326 e. The summed E-state index contributed by atoms with van der Waals surface area (Å²) < 4.78 is 1.95. The monoisotopic (exact) mass is 287 g/mol. The molecule has 0 aliphatic carbocycles. The molecule has 0 aliphatic rings. The highest BCUT2D eigenvalue weighted by molar-refractivity contribution is 5.98. The van der Waals surface area contributed by atoms with Gasteiger partial charge in [0.2, 0.25) is 0 Å². The number of halogens is 1. The summed E-state index contributed by atoms with van der Waals surface area (Å²) in [4.78, 5) is 0. The van der Waals surface area contributed by atoms with Gasteiger partial charge in [0.25, 0.3) is 0 Å². The summed E-state index contributed by atoms with van der Waals surface area (Å²) in [5.41, 5.74) is 9.37. The number of nitrogens with two attached hydrogens (primary N) is 1. The molecule has 3 nitrogen and oxygen atoms in total. The number of nitrogens with zero attached hydrogens (tertiary/aromatic N) is 2. The summed E-state index contributed by atoms with van der Waals surface area (Å²) in [6.07, 6.45) is 4.01. The Labute approximate surface area is 124 Å². The van der Waals surface area contributed by atoms with Crippen LogP contribution in [0.25, 0.3) is 21.9 Å². The van der Waals surface area contributed by atoms with Crippen LogP contribution in [0.4, 0.5) is 0 Å². The Morgan fingerprint density at radius 1 is 1.10 bits per heavy atom. The highest BCUT2D eigenvalue weighted by Gasteiger charge is 2.08. The van der Waals surface area contributed by atoms with Gasteiger partial charge < -0.3 is 5.73 Å². The predicted octanol–water partition coefficient (Wildman–Crippen LogP) is 3.60. The molecule has 0 unspecified atom stereocenters. The first-order valence-corrected chi connectivity index (χ1v) is 6.57. The summed E-state index contributed by atoms with van der Waals surface area (Å²) in [7, 11) is 0. The van der Waals surface area contributed by atoms with E-state index in [1.807, 2.05) is 10.9 Å². The molecule has 104 valence electrons. The van der Waals surface area contributed by atoms with E-state index in [0.29, 0.717) is 6.54 Å². The number of hydrogen-bond acceptors (Lipinski definition) is 2. The van der Waals surface area contributed by atoms with Crippen molar-refractivity contribution < 1.29 is 0 Å². The molecule has 0 bridgehead atoms. The second kappa shape index (κ2) is 6.07. The van der Waals surface area contributed by atoms with Gasteiger partial charge in [-0.05, 0) is 28.8 Å². The molecule has 3 aromatic rings. The molecule has 2 N–H and O–H groups in total. The fourth-order valence-electron chi connectivity index (χ4n) is 2.47. The molecule has 0 spiro atoms. The van der Waals surface area contributed by atoms with E-state index in [-0.39, 0.29) is 12.4 Å². The highest BCUT2D eigenvalue weighted by atomic mass is 35.5. The first kappa shape index (κ1) is 14.6. The molecule has 0 aliphatic heterocycles. The first-order chi connectivity index (χ1) is 9.33. The van der Waals surface area contributed by atoms with Crippen LogP contribution in [0.15, 0.2) is 48.8 Å². The predicted molar refractivity (Wildman–Crippen MR) is 86.0 cm³/mol. The Kier molecular flexibility index (Phi) is 4.42. The Hall–Kier alpha value is -1.84. The van der Waals surface area contributed by atoms with E-state index < -0.39 is 0 Å². The molecule has 2 aromatic carbocycles. The summed E-state index contributed by atoms with van der Waals surface area (Å²) >= 11 is 0. The second-order valence-electron chi connectivity index (χ2n) is 4.61. The van der Waals surface area contributed by atoms with Crippen molar-refractivity contribution in [2.75, 3.05) is 0 Å². The second-order valence-corrected chi connectivity index (χ2v) is 4.61. The molecule has 0 amide bonds. The summed E-state index contributed by atoms with van der Waals surface area (Å²) in [5, 5.41) is 6.82. The molecule has 0 radical (unpaired) electrons. The Bertz CT molecular complexity index is 719. The van der Waals surface area contributed by atoms with Crippen LogP contribution >= 0.6 is 12.4 Å². The van der Waals surface area contributed by atoms with Crippen molar-refractivity contribution in [3.05, 3.63) is 54.4 Å². The van der Waals surface area contributed by atoms with E-state index in [1.165, 1.54) is 21.9 Å². The maximum atomic E-state index is 5.81. The van der Waals surface area contributed by atoms with Crippen molar-refractivity contribution in [3.63, 3.8) is 0 Å².